The lowest BCUT2D eigenvalue weighted by atomic mass is 10.1. The fourth-order valence-electron chi connectivity index (χ4n) is 2.17. The molecule has 1 aromatic heterocycles. The lowest BCUT2D eigenvalue weighted by Crippen LogP contribution is -2.27. The summed E-state index contributed by atoms with van der Waals surface area (Å²) in [5, 5.41) is 15.5. The van der Waals surface area contributed by atoms with Crippen molar-refractivity contribution in [2.75, 3.05) is 30.6 Å². The Bertz CT molecular complexity index is 923. The highest BCUT2D eigenvalue weighted by Crippen LogP contribution is 2.32. The Morgan fingerprint density at radius 3 is 2.60 bits per heavy atom. The van der Waals surface area contributed by atoms with Gasteiger partial charge >= 0.3 is 0 Å². The molecule has 25 heavy (non-hydrogen) atoms. The summed E-state index contributed by atoms with van der Waals surface area (Å²) in [6.45, 7) is 2.86. The van der Waals surface area contributed by atoms with Gasteiger partial charge in [0.25, 0.3) is 5.56 Å². The average molecular weight is 354 g/mol. The van der Waals surface area contributed by atoms with Crippen LogP contribution in [0.15, 0.2) is 35.3 Å². The fraction of sp³-hybridized carbons (Fsp3) is 0.316. The molecule has 0 amide bonds. The first kappa shape index (κ1) is 18.6. The van der Waals surface area contributed by atoms with E-state index in [9.17, 15) is 10.1 Å². The first-order chi connectivity index (χ1) is 11.9. The maximum atomic E-state index is 12.9. The maximum absolute atomic E-state index is 12.9. The summed E-state index contributed by atoms with van der Waals surface area (Å²) in [5.74, 6) is 3.46. The van der Waals surface area contributed by atoms with Crippen molar-refractivity contribution >= 4 is 16.0 Å². The van der Waals surface area contributed by atoms with Crippen molar-refractivity contribution in [2.24, 2.45) is 0 Å². The number of rotatable bonds is 4. The molecule has 6 heteroatoms. The van der Waals surface area contributed by atoms with Crippen LogP contribution in [0, 0.1) is 22.5 Å². The van der Waals surface area contributed by atoms with Crippen molar-refractivity contribution in [3.63, 3.8) is 0 Å². The fourth-order valence-corrected chi connectivity index (χ4v) is 2.59. The Hall–Kier alpha value is -2.70. The molecule has 130 valence electrons. The molecule has 1 aromatic carbocycles. The third kappa shape index (κ3) is 4.89. The molecule has 1 N–H and O–H groups in total. The first-order valence-corrected chi connectivity index (χ1v) is 10.7. The minimum absolute atomic E-state index is 0.199. The number of benzene rings is 1. The Labute approximate surface area is 150 Å². The number of hydrogen-bond acceptors (Lipinski definition) is 4. The molecule has 0 radical (unpaired) electrons. The molecule has 0 saturated heterocycles. The zero-order chi connectivity index (χ0) is 18.4. The van der Waals surface area contributed by atoms with E-state index in [4.69, 9.17) is 0 Å². The second kappa shape index (κ2) is 7.92. The van der Waals surface area contributed by atoms with Crippen LogP contribution in [0.2, 0.25) is 0 Å². The second-order valence-corrected chi connectivity index (χ2v) is 10.1. The highest BCUT2D eigenvalue weighted by Gasteiger charge is 2.11. The number of hydrogen-bond donors (Lipinski definition) is 1. The molecule has 2 rings (SSSR count). The van der Waals surface area contributed by atoms with E-state index < -0.39 is 10.0 Å². The van der Waals surface area contributed by atoms with E-state index in [1.165, 1.54) is 6.20 Å². The molecule has 0 unspecified atom stereocenters. The van der Waals surface area contributed by atoms with Gasteiger partial charge in [0.15, 0.2) is 0 Å². The Morgan fingerprint density at radius 1 is 1.24 bits per heavy atom. The van der Waals surface area contributed by atoms with Crippen molar-refractivity contribution in [2.45, 2.75) is 13.5 Å². The summed E-state index contributed by atoms with van der Waals surface area (Å²) < 4.78 is 1.54. The molecule has 5 nitrogen and oxygen atoms in total. The number of nitriles is 1. The highest BCUT2D eigenvalue weighted by molar-refractivity contribution is 8.35. The number of anilines is 1. The summed E-state index contributed by atoms with van der Waals surface area (Å²) >= 11 is 0. The molecule has 0 spiro atoms. The monoisotopic (exact) mass is 354 g/mol. The van der Waals surface area contributed by atoms with Crippen LogP contribution in [-0.4, -0.2) is 34.9 Å². The number of aromatic nitrogens is 2. The van der Waals surface area contributed by atoms with Gasteiger partial charge in [-0.1, -0.05) is 18.2 Å². The number of nitrogens with zero attached hydrogens (tertiary/aromatic N) is 3. The van der Waals surface area contributed by atoms with Crippen LogP contribution < -0.4 is 10.9 Å². The Kier molecular flexibility index (Phi) is 5.90. The van der Waals surface area contributed by atoms with Gasteiger partial charge in [-0.25, -0.2) is 4.98 Å². The molecular formula is C19H22N4OS. The third-order valence-corrected chi connectivity index (χ3v) is 4.05. The van der Waals surface area contributed by atoms with Crippen LogP contribution in [0.25, 0.3) is 0 Å². The SMILES string of the molecule is CCNc1ncc(C#CS(C)(C)C)c(=O)n1Cc1ccccc1C#N. The standard InChI is InChI=1S/C19H22N4OS/c1-5-21-19-22-13-16(10-11-25(2,3)4)18(24)23(19)14-17-9-7-6-8-15(17)12-20/h6-9,13H,5,14H2,1-4H3,(H,21,22). The van der Waals surface area contributed by atoms with Crippen LogP contribution in [-0.2, 0) is 6.54 Å². The average Bonchev–Trinajstić information content (AvgIpc) is 2.57. The molecular weight excluding hydrogens is 332 g/mol. The molecule has 0 fully saturated rings. The van der Waals surface area contributed by atoms with Crippen molar-refractivity contribution in [3.8, 4) is 17.2 Å². The minimum Gasteiger partial charge on any atom is -0.356 e. The first-order valence-electron chi connectivity index (χ1n) is 7.88. The summed E-state index contributed by atoms with van der Waals surface area (Å²) in [7, 11) is -1.04. The van der Waals surface area contributed by atoms with E-state index in [-0.39, 0.29) is 12.1 Å². The van der Waals surface area contributed by atoms with Gasteiger partial charge < -0.3 is 5.32 Å². The molecule has 0 saturated carbocycles. The highest BCUT2D eigenvalue weighted by atomic mass is 32.3. The van der Waals surface area contributed by atoms with Gasteiger partial charge in [-0.15, -0.1) is 0 Å². The van der Waals surface area contributed by atoms with Crippen molar-refractivity contribution in [3.05, 3.63) is 57.5 Å². The molecule has 1 heterocycles. The molecule has 0 aliphatic heterocycles. The van der Waals surface area contributed by atoms with E-state index in [2.05, 4.69) is 46.3 Å². The van der Waals surface area contributed by atoms with E-state index in [1.807, 2.05) is 25.1 Å². The van der Waals surface area contributed by atoms with E-state index in [0.29, 0.717) is 23.6 Å². The van der Waals surface area contributed by atoms with Crippen LogP contribution in [0.3, 0.4) is 0 Å². The van der Waals surface area contributed by atoms with E-state index in [1.54, 1.807) is 10.6 Å². The van der Waals surface area contributed by atoms with Gasteiger partial charge in [-0.05, 0) is 48.5 Å². The zero-order valence-corrected chi connectivity index (χ0v) is 15.8. The van der Waals surface area contributed by atoms with Crippen LogP contribution in [0.4, 0.5) is 5.95 Å². The number of nitrogens with one attached hydrogen (secondary N) is 1. The quantitative estimate of drug-likeness (QED) is 0.857. The van der Waals surface area contributed by atoms with Crippen molar-refractivity contribution in [1.29, 1.82) is 5.26 Å². The second-order valence-electron chi connectivity index (χ2n) is 6.25. The predicted octanol–water partition coefficient (Wildman–Crippen LogP) is 2.60. The van der Waals surface area contributed by atoms with Gasteiger partial charge in [0.2, 0.25) is 5.95 Å². The van der Waals surface area contributed by atoms with Crippen molar-refractivity contribution < 1.29 is 0 Å². The molecule has 0 atom stereocenters. The molecule has 0 bridgehead atoms. The van der Waals surface area contributed by atoms with Gasteiger partial charge in [0, 0.05) is 6.54 Å². The summed E-state index contributed by atoms with van der Waals surface area (Å²) in [6.07, 6.45) is 7.73. The topological polar surface area (TPSA) is 70.7 Å². The van der Waals surface area contributed by atoms with Crippen LogP contribution >= 0.6 is 10.0 Å². The molecule has 0 aliphatic carbocycles. The van der Waals surface area contributed by atoms with Gasteiger partial charge in [-0.2, -0.15) is 15.3 Å². The molecule has 2 aromatic rings. The third-order valence-electron chi connectivity index (χ3n) is 3.34. The summed E-state index contributed by atoms with van der Waals surface area (Å²) in [5.41, 5.74) is 1.50. The van der Waals surface area contributed by atoms with Crippen LogP contribution in [0.1, 0.15) is 23.6 Å². The van der Waals surface area contributed by atoms with Gasteiger partial charge in [0.1, 0.15) is 5.56 Å². The van der Waals surface area contributed by atoms with Gasteiger partial charge in [0.05, 0.1) is 24.4 Å². The summed E-state index contributed by atoms with van der Waals surface area (Å²) in [6, 6.07) is 9.42. The minimum atomic E-state index is -1.04. The Morgan fingerprint density at radius 2 is 1.96 bits per heavy atom. The maximum Gasteiger partial charge on any atom is 0.271 e. The largest absolute Gasteiger partial charge is 0.356 e. The smallest absolute Gasteiger partial charge is 0.271 e. The molecule has 0 aliphatic rings. The lowest BCUT2D eigenvalue weighted by Gasteiger charge is -2.15. The predicted molar refractivity (Wildman–Crippen MR) is 105 cm³/mol. The van der Waals surface area contributed by atoms with E-state index >= 15 is 0 Å². The lowest BCUT2D eigenvalue weighted by molar-refractivity contribution is 0.737. The Balaban J connectivity index is 2.55. The van der Waals surface area contributed by atoms with Gasteiger partial charge in [-0.3, -0.25) is 9.36 Å². The van der Waals surface area contributed by atoms with Crippen molar-refractivity contribution in [1.82, 2.24) is 9.55 Å². The zero-order valence-electron chi connectivity index (χ0n) is 15.0. The summed E-state index contributed by atoms with van der Waals surface area (Å²) in [4.78, 5) is 17.2. The van der Waals surface area contributed by atoms with E-state index in [0.717, 1.165) is 5.56 Å². The van der Waals surface area contributed by atoms with Crippen LogP contribution in [0.5, 0.6) is 0 Å². The normalized spacial score (nSPS) is 11.2.